The van der Waals surface area contributed by atoms with E-state index < -0.39 is 6.10 Å². The van der Waals surface area contributed by atoms with Crippen molar-refractivity contribution in [1.29, 1.82) is 0 Å². The molecule has 0 radical (unpaired) electrons. The van der Waals surface area contributed by atoms with E-state index in [2.05, 4.69) is 34.1 Å². The van der Waals surface area contributed by atoms with Crippen LogP contribution in [0.2, 0.25) is 0 Å². The van der Waals surface area contributed by atoms with Gasteiger partial charge in [0.1, 0.15) is 5.82 Å². The normalized spacial score (nSPS) is 15.2. The number of anilines is 2. The molecule has 3 heteroatoms. The molecule has 0 saturated heterocycles. The summed E-state index contributed by atoms with van der Waals surface area (Å²) in [5.41, 5.74) is 4.48. The molecule has 0 aliphatic carbocycles. The van der Waals surface area contributed by atoms with E-state index in [4.69, 9.17) is 0 Å². The number of aryl methyl sites for hydroxylation is 1. The summed E-state index contributed by atoms with van der Waals surface area (Å²) in [4.78, 5) is 6.94. The second-order valence-corrected chi connectivity index (χ2v) is 5.30. The third kappa shape index (κ3) is 2.18. The summed E-state index contributed by atoms with van der Waals surface area (Å²) in [5.74, 6) is 0.972. The average molecular weight is 268 g/mol. The number of fused-ring (bicyclic) bond motifs is 1. The number of hydrogen-bond acceptors (Lipinski definition) is 3. The Bertz CT molecular complexity index is 624. The van der Waals surface area contributed by atoms with Crippen LogP contribution in [0.25, 0.3) is 0 Å². The molecular formula is C17H20N2O. The maximum Gasteiger partial charge on any atom is 0.133 e. The minimum Gasteiger partial charge on any atom is -0.388 e. The first-order valence-corrected chi connectivity index (χ1v) is 7.21. The van der Waals surface area contributed by atoms with Crippen molar-refractivity contribution >= 4 is 11.5 Å². The lowest BCUT2D eigenvalue weighted by molar-refractivity contribution is 0.172. The summed E-state index contributed by atoms with van der Waals surface area (Å²) < 4.78 is 0. The molecule has 3 rings (SSSR count). The number of para-hydroxylation sites is 1. The van der Waals surface area contributed by atoms with Crippen LogP contribution in [0.1, 0.15) is 36.3 Å². The minimum absolute atomic E-state index is 0.414. The molecule has 0 saturated carbocycles. The van der Waals surface area contributed by atoms with Gasteiger partial charge in [0.25, 0.3) is 0 Å². The Kier molecular flexibility index (Phi) is 3.45. The molecule has 20 heavy (non-hydrogen) atoms. The van der Waals surface area contributed by atoms with E-state index >= 15 is 0 Å². The van der Waals surface area contributed by atoms with E-state index in [0.717, 1.165) is 30.0 Å². The van der Waals surface area contributed by atoms with Gasteiger partial charge < -0.3 is 10.0 Å². The number of benzene rings is 1. The summed E-state index contributed by atoms with van der Waals surface area (Å²) in [5, 5.41) is 9.97. The quantitative estimate of drug-likeness (QED) is 0.925. The predicted octanol–water partition coefficient (Wildman–Crippen LogP) is 3.53. The number of pyridine rings is 1. The molecule has 0 spiro atoms. The van der Waals surface area contributed by atoms with Crippen LogP contribution in [0.5, 0.6) is 0 Å². The fourth-order valence-corrected chi connectivity index (χ4v) is 2.86. The van der Waals surface area contributed by atoms with Gasteiger partial charge in [-0.25, -0.2) is 4.98 Å². The van der Waals surface area contributed by atoms with Crippen LogP contribution in [0.15, 0.2) is 36.4 Å². The van der Waals surface area contributed by atoms with Crippen molar-refractivity contribution in [2.45, 2.75) is 32.8 Å². The smallest absolute Gasteiger partial charge is 0.133 e. The number of rotatable bonds is 3. The van der Waals surface area contributed by atoms with Gasteiger partial charge in [0.2, 0.25) is 0 Å². The van der Waals surface area contributed by atoms with Gasteiger partial charge >= 0.3 is 0 Å². The lowest BCUT2D eigenvalue weighted by atomic mass is 10.1. The molecule has 0 amide bonds. The van der Waals surface area contributed by atoms with Crippen molar-refractivity contribution in [3.63, 3.8) is 0 Å². The van der Waals surface area contributed by atoms with Crippen LogP contribution in [0.3, 0.4) is 0 Å². The molecule has 2 heterocycles. The van der Waals surface area contributed by atoms with Gasteiger partial charge in [-0.2, -0.15) is 0 Å². The van der Waals surface area contributed by atoms with Crippen LogP contribution in [0, 0.1) is 6.92 Å². The van der Waals surface area contributed by atoms with E-state index in [1.165, 1.54) is 11.3 Å². The zero-order valence-electron chi connectivity index (χ0n) is 12.0. The second-order valence-electron chi connectivity index (χ2n) is 5.30. The number of hydrogen-bond donors (Lipinski definition) is 1. The zero-order valence-corrected chi connectivity index (χ0v) is 12.0. The zero-order chi connectivity index (χ0) is 14.1. The second kappa shape index (κ2) is 5.25. The minimum atomic E-state index is -0.414. The Morgan fingerprint density at radius 1 is 1.25 bits per heavy atom. The monoisotopic (exact) mass is 268 g/mol. The summed E-state index contributed by atoms with van der Waals surface area (Å²) >= 11 is 0. The van der Waals surface area contributed by atoms with Crippen LogP contribution in [-0.2, 0) is 6.42 Å². The summed E-state index contributed by atoms with van der Waals surface area (Å²) in [6.45, 7) is 4.93. The predicted molar refractivity (Wildman–Crippen MR) is 81.4 cm³/mol. The van der Waals surface area contributed by atoms with E-state index in [1.807, 2.05) is 26.0 Å². The summed E-state index contributed by atoms with van der Waals surface area (Å²) in [6.07, 6.45) is 1.37. The van der Waals surface area contributed by atoms with Crippen molar-refractivity contribution in [2.75, 3.05) is 11.4 Å². The number of aliphatic hydroxyl groups is 1. The molecule has 1 unspecified atom stereocenters. The van der Waals surface area contributed by atoms with Gasteiger partial charge in [0.15, 0.2) is 0 Å². The number of aliphatic hydroxyl groups excluding tert-OH is 1. The molecule has 1 atom stereocenters. The first-order chi connectivity index (χ1) is 9.70. The highest BCUT2D eigenvalue weighted by Gasteiger charge is 2.21. The molecule has 0 bridgehead atoms. The first-order valence-electron chi connectivity index (χ1n) is 7.21. The van der Waals surface area contributed by atoms with Crippen LogP contribution < -0.4 is 4.90 Å². The van der Waals surface area contributed by atoms with E-state index in [-0.39, 0.29) is 0 Å². The average Bonchev–Trinajstić information content (AvgIpc) is 2.90. The molecule has 1 N–H and O–H groups in total. The largest absolute Gasteiger partial charge is 0.388 e. The van der Waals surface area contributed by atoms with Crippen LogP contribution in [-0.4, -0.2) is 16.6 Å². The third-order valence-electron chi connectivity index (χ3n) is 4.02. The SMILES string of the molecule is CCC(O)c1ccc(N2CCc3ccccc32)nc1C. The molecule has 2 aromatic rings. The van der Waals surface area contributed by atoms with Gasteiger partial charge in [0, 0.05) is 23.5 Å². The maximum absolute atomic E-state index is 9.97. The van der Waals surface area contributed by atoms with Gasteiger partial charge in [0.05, 0.1) is 6.10 Å². The summed E-state index contributed by atoms with van der Waals surface area (Å²) in [7, 11) is 0. The van der Waals surface area contributed by atoms with Crippen molar-refractivity contribution < 1.29 is 5.11 Å². The van der Waals surface area contributed by atoms with Gasteiger partial charge in [-0.05, 0) is 37.5 Å². The Morgan fingerprint density at radius 2 is 2.05 bits per heavy atom. The van der Waals surface area contributed by atoms with E-state index in [9.17, 15) is 5.11 Å². The fraction of sp³-hybridized carbons (Fsp3) is 0.353. The van der Waals surface area contributed by atoms with Crippen molar-refractivity contribution in [2.24, 2.45) is 0 Å². The fourth-order valence-electron chi connectivity index (χ4n) is 2.86. The molecule has 1 aliphatic rings. The molecule has 0 fully saturated rings. The van der Waals surface area contributed by atoms with Gasteiger partial charge in [-0.3, -0.25) is 0 Å². The highest BCUT2D eigenvalue weighted by molar-refractivity contribution is 5.67. The number of nitrogens with zero attached hydrogens (tertiary/aromatic N) is 2. The van der Waals surface area contributed by atoms with Crippen LogP contribution >= 0.6 is 0 Å². The molecule has 1 aliphatic heterocycles. The van der Waals surface area contributed by atoms with Crippen molar-refractivity contribution in [1.82, 2.24) is 4.98 Å². The van der Waals surface area contributed by atoms with E-state index in [0.29, 0.717) is 6.42 Å². The first kappa shape index (κ1) is 13.1. The lowest BCUT2D eigenvalue weighted by Gasteiger charge is -2.20. The standard InChI is InChI=1S/C17H20N2O/c1-3-16(20)14-8-9-17(18-12(14)2)19-11-10-13-6-4-5-7-15(13)19/h4-9,16,20H,3,10-11H2,1-2H3. The molecule has 1 aromatic heterocycles. The summed E-state index contributed by atoms with van der Waals surface area (Å²) in [6, 6.07) is 12.5. The Morgan fingerprint density at radius 3 is 2.80 bits per heavy atom. The highest BCUT2D eigenvalue weighted by atomic mass is 16.3. The Balaban J connectivity index is 1.95. The van der Waals surface area contributed by atoms with Gasteiger partial charge in [-0.1, -0.05) is 31.2 Å². The molecule has 104 valence electrons. The molecular weight excluding hydrogens is 248 g/mol. The van der Waals surface area contributed by atoms with E-state index in [1.54, 1.807) is 0 Å². The lowest BCUT2D eigenvalue weighted by Crippen LogP contribution is -2.15. The number of aromatic nitrogens is 1. The van der Waals surface area contributed by atoms with Crippen LogP contribution in [0.4, 0.5) is 11.5 Å². The Hall–Kier alpha value is -1.87. The van der Waals surface area contributed by atoms with Crippen molar-refractivity contribution in [3.05, 3.63) is 53.2 Å². The van der Waals surface area contributed by atoms with Gasteiger partial charge in [-0.15, -0.1) is 0 Å². The molecule has 1 aromatic carbocycles. The van der Waals surface area contributed by atoms with Crippen molar-refractivity contribution in [3.8, 4) is 0 Å². The topological polar surface area (TPSA) is 36.4 Å². The molecule has 3 nitrogen and oxygen atoms in total. The highest BCUT2D eigenvalue weighted by Crippen LogP contribution is 2.34. The third-order valence-corrected chi connectivity index (χ3v) is 4.02. The maximum atomic E-state index is 9.97. The Labute approximate surface area is 119 Å².